The zero-order valence-corrected chi connectivity index (χ0v) is 11.1. The van der Waals surface area contributed by atoms with Gasteiger partial charge in [-0.15, -0.1) is 0 Å². The van der Waals surface area contributed by atoms with Crippen molar-refractivity contribution in [1.82, 2.24) is 10.6 Å². The summed E-state index contributed by atoms with van der Waals surface area (Å²) in [6.45, 7) is 4.05. The average molecular weight is 258 g/mol. The molecule has 2 amide bonds. The molecule has 1 saturated heterocycles. The van der Waals surface area contributed by atoms with Crippen LogP contribution in [0.5, 0.6) is 0 Å². The lowest BCUT2D eigenvalue weighted by Gasteiger charge is -2.26. The molecule has 1 aromatic rings. The van der Waals surface area contributed by atoms with Crippen LogP contribution in [0.2, 0.25) is 0 Å². The lowest BCUT2D eigenvalue weighted by Crippen LogP contribution is -2.55. The van der Waals surface area contributed by atoms with Crippen molar-refractivity contribution >= 4 is 17.9 Å². The van der Waals surface area contributed by atoms with Gasteiger partial charge in [0.1, 0.15) is 11.7 Å². The van der Waals surface area contributed by atoms with Gasteiger partial charge in [0.25, 0.3) is 5.91 Å². The molecule has 19 heavy (non-hydrogen) atoms. The van der Waals surface area contributed by atoms with E-state index in [1.807, 2.05) is 44.2 Å². The van der Waals surface area contributed by atoms with Gasteiger partial charge in [0, 0.05) is 0 Å². The summed E-state index contributed by atoms with van der Waals surface area (Å²) < 4.78 is 0. The van der Waals surface area contributed by atoms with Crippen molar-refractivity contribution in [2.75, 3.05) is 0 Å². The van der Waals surface area contributed by atoms with E-state index in [1.165, 1.54) is 0 Å². The van der Waals surface area contributed by atoms with Crippen LogP contribution in [0.1, 0.15) is 25.8 Å². The molecule has 0 spiro atoms. The van der Waals surface area contributed by atoms with E-state index in [0.29, 0.717) is 18.0 Å². The van der Waals surface area contributed by atoms with E-state index in [-0.39, 0.29) is 11.8 Å². The number of nitrogens with one attached hydrogen (secondary N) is 2. The van der Waals surface area contributed by atoms with Crippen LogP contribution in [0.3, 0.4) is 0 Å². The molecular weight excluding hydrogens is 240 g/mol. The van der Waals surface area contributed by atoms with Gasteiger partial charge in [-0.3, -0.25) is 9.59 Å². The fourth-order valence-electron chi connectivity index (χ4n) is 2.03. The van der Waals surface area contributed by atoms with E-state index < -0.39 is 6.04 Å². The number of piperazine rings is 1. The third kappa shape index (κ3) is 3.44. The summed E-state index contributed by atoms with van der Waals surface area (Å²) in [7, 11) is 0. The van der Waals surface area contributed by atoms with Crippen LogP contribution < -0.4 is 10.6 Å². The smallest absolute Gasteiger partial charge is 0.268 e. The summed E-state index contributed by atoms with van der Waals surface area (Å²) in [6, 6.07) is 9.01. The van der Waals surface area contributed by atoms with Crippen molar-refractivity contribution in [2.24, 2.45) is 5.92 Å². The molecule has 1 heterocycles. The summed E-state index contributed by atoms with van der Waals surface area (Å²) in [5.41, 5.74) is 1.19. The zero-order valence-electron chi connectivity index (χ0n) is 11.1. The fraction of sp³-hybridized carbons (Fsp3) is 0.333. The van der Waals surface area contributed by atoms with Crippen molar-refractivity contribution in [3.63, 3.8) is 0 Å². The van der Waals surface area contributed by atoms with E-state index in [9.17, 15) is 9.59 Å². The highest BCUT2D eigenvalue weighted by Crippen LogP contribution is 2.12. The number of rotatable bonds is 3. The summed E-state index contributed by atoms with van der Waals surface area (Å²) in [5, 5.41) is 5.43. The predicted molar refractivity (Wildman–Crippen MR) is 73.9 cm³/mol. The van der Waals surface area contributed by atoms with Crippen LogP contribution in [0.4, 0.5) is 0 Å². The standard InChI is InChI=1S/C15H18N2O2/c1-10(2)8-12-14(18)17-13(15(19)16-12)9-11-6-4-3-5-7-11/h3-7,9-10,12H,8H2,1-2H3,(H,16,19)(H,17,18)/b13-9-/t12-/m1/s1. The molecule has 100 valence electrons. The van der Waals surface area contributed by atoms with Gasteiger partial charge >= 0.3 is 0 Å². The molecule has 4 heteroatoms. The highest BCUT2D eigenvalue weighted by atomic mass is 16.2. The van der Waals surface area contributed by atoms with E-state index >= 15 is 0 Å². The number of benzene rings is 1. The topological polar surface area (TPSA) is 58.2 Å². The Labute approximate surface area is 112 Å². The number of amides is 2. The Hall–Kier alpha value is -2.10. The third-order valence-corrected chi connectivity index (χ3v) is 2.94. The van der Waals surface area contributed by atoms with Gasteiger partial charge < -0.3 is 10.6 Å². The molecule has 1 aromatic carbocycles. The Morgan fingerprint density at radius 1 is 1.21 bits per heavy atom. The first-order valence-electron chi connectivity index (χ1n) is 6.44. The van der Waals surface area contributed by atoms with E-state index in [0.717, 1.165) is 5.56 Å². The van der Waals surface area contributed by atoms with Crippen LogP contribution in [-0.4, -0.2) is 17.9 Å². The largest absolute Gasteiger partial charge is 0.339 e. The molecule has 1 aliphatic heterocycles. The van der Waals surface area contributed by atoms with Gasteiger partial charge in [-0.2, -0.15) is 0 Å². The maximum atomic E-state index is 11.9. The highest BCUT2D eigenvalue weighted by molar-refractivity contribution is 6.07. The molecule has 2 rings (SSSR count). The predicted octanol–water partition coefficient (Wildman–Crippen LogP) is 1.69. The summed E-state index contributed by atoms with van der Waals surface area (Å²) >= 11 is 0. The van der Waals surface area contributed by atoms with E-state index in [2.05, 4.69) is 10.6 Å². The van der Waals surface area contributed by atoms with Gasteiger partial charge in [0.05, 0.1) is 0 Å². The minimum atomic E-state index is -0.430. The minimum Gasteiger partial charge on any atom is -0.339 e. The average Bonchev–Trinajstić information content (AvgIpc) is 2.36. The van der Waals surface area contributed by atoms with Crippen molar-refractivity contribution in [1.29, 1.82) is 0 Å². The molecule has 0 radical (unpaired) electrons. The van der Waals surface area contributed by atoms with Gasteiger partial charge in [-0.05, 0) is 24.0 Å². The summed E-state index contributed by atoms with van der Waals surface area (Å²) in [6.07, 6.45) is 2.33. The van der Waals surface area contributed by atoms with E-state index in [1.54, 1.807) is 6.08 Å². The molecule has 1 atom stereocenters. The lowest BCUT2D eigenvalue weighted by atomic mass is 10.0. The Bertz CT molecular complexity index is 506. The Morgan fingerprint density at radius 2 is 1.89 bits per heavy atom. The highest BCUT2D eigenvalue weighted by Gasteiger charge is 2.29. The molecule has 2 N–H and O–H groups in total. The SMILES string of the molecule is CC(C)C[C@H]1NC(=O)/C(=C/c2ccccc2)NC1=O. The molecule has 0 aliphatic carbocycles. The van der Waals surface area contributed by atoms with Crippen molar-refractivity contribution in [3.8, 4) is 0 Å². The molecule has 1 fully saturated rings. The molecule has 0 saturated carbocycles. The van der Waals surface area contributed by atoms with Gasteiger partial charge in [0.2, 0.25) is 5.91 Å². The first-order valence-corrected chi connectivity index (χ1v) is 6.44. The summed E-state index contributed by atoms with van der Waals surface area (Å²) in [4.78, 5) is 23.9. The van der Waals surface area contributed by atoms with Crippen molar-refractivity contribution < 1.29 is 9.59 Å². The quantitative estimate of drug-likeness (QED) is 0.811. The van der Waals surface area contributed by atoms with Gasteiger partial charge in [-0.25, -0.2) is 0 Å². The number of carbonyl (C=O) groups excluding carboxylic acids is 2. The first kappa shape index (κ1) is 13.3. The van der Waals surface area contributed by atoms with Crippen molar-refractivity contribution in [2.45, 2.75) is 26.3 Å². The third-order valence-electron chi connectivity index (χ3n) is 2.94. The summed E-state index contributed by atoms with van der Waals surface area (Å²) in [5.74, 6) is -0.0136. The van der Waals surface area contributed by atoms with Gasteiger partial charge in [-0.1, -0.05) is 44.2 Å². The van der Waals surface area contributed by atoms with Crippen LogP contribution in [0, 0.1) is 5.92 Å². The molecule has 0 unspecified atom stereocenters. The Kier molecular flexibility index (Phi) is 4.00. The number of carbonyl (C=O) groups is 2. The zero-order chi connectivity index (χ0) is 13.8. The Morgan fingerprint density at radius 3 is 2.53 bits per heavy atom. The number of hydrogen-bond acceptors (Lipinski definition) is 2. The molecule has 1 aliphatic rings. The molecule has 0 bridgehead atoms. The molecule has 0 aromatic heterocycles. The molecular formula is C15H18N2O2. The van der Waals surface area contributed by atoms with E-state index in [4.69, 9.17) is 0 Å². The fourth-order valence-corrected chi connectivity index (χ4v) is 2.03. The lowest BCUT2D eigenvalue weighted by molar-refractivity contribution is -0.131. The number of hydrogen-bond donors (Lipinski definition) is 2. The van der Waals surface area contributed by atoms with Crippen molar-refractivity contribution in [3.05, 3.63) is 41.6 Å². The maximum absolute atomic E-state index is 11.9. The van der Waals surface area contributed by atoms with Gasteiger partial charge in [0.15, 0.2) is 0 Å². The minimum absolute atomic E-state index is 0.143. The monoisotopic (exact) mass is 258 g/mol. The van der Waals surface area contributed by atoms with Crippen LogP contribution in [0.25, 0.3) is 6.08 Å². The maximum Gasteiger partial charge on any atom is 0.268 e. The molecule has 4 nitrogen and oxygen atoms in total. The van der Waals surface area contributed by atoms with Crippen LogP contribution in [-0.2, 0) is 9.59 Å². The normalized spacial score (nSPS) is 21.4. The van der Waals surface area contributed by atoms with Crippen LogP contribution in [0.15, 0.2) is 36.0 Å². The Balaban J connectivity index is 2.13. The second-order valence-electron chi connectivity index (χ2n) is 5.11. The second-order valence-corrected chi connectivity index (χ2v) is 5.11. The first-order chi connectivity index (χ1) is 9.06. The second kappa shape index (κ2) is 5.69. The van der Waals surface area contributed by atoms with Crippen LogP contribution >= 0.6 is 0 Å².